The molecule has 31 heavy (non-hydrogen) atoms. The Morgan fingerprint density at radius 3 is 2.55 bits per heavy atom. The highest BCUT2D eigenvalue weighted by Gasteiger charge is 2.40. The van der Waals surface area contributed by atoms with Crippen molar-refractivity contribution in [1.82, 2.24) is 15.1 Å². The normalized spacial score (nSPS) is 17.9. The van der Waals surface area contributed by atoms with E-state index in [0.717, 1.165) is 22.4 Å². The first-order valence-electron chi connectivity index (χ1n) is 10.2. The van der Waals surface area contributed by atoms with Gasteiger partial charge in [-0.15, -0.1) is 0 Å². The van der Waals surface area contributed by atoms with E-state index in [2.05, 4.69) is 11.4 Å². The second kappa shape index (κ2) is 8.67. The van der Waals surface area contributed by atoms with Crippen molar-refractivity contribution in [2.75, 3.05) is 20.8 Å². The van der Waals surface area contributed by atoms with Gasteiger partial charge in [0.1, 0.15) is 6.04 Å². The second-order valence-corrected chi connectivity index (χ2v) is 7.65. The Kier molecular flexibility index (Phi) is 5.79. The number of urea groups is 1. The van der Waals surface area contributed by atoms with Crippen LogP contribution in [0.3, 0.4) is 0 Å². The van der Waals surface area contributed by atoms with Crippen LogP contribution in [0.15, 0.2) is 42.5 Å². The number of nitrogens with zero attached hydrogens (tertiary/aromatic N) is 2. The van der Waals surface area contributed by atoms with E-state index in [-0.39, 0.29) is 18.9 Å². The third-order valence-corrected chi connectivity index (χ3v) is 5.76. The Bertz CT molecular complexity index is 1020. The molecule has 4 rings (SSSR count). The van der Waals surface area contributed by atoms with E-state index in [1.807, 2.05) is 18.2 Å². The number of benzene rings is 2. The van der Waals surface area contributed by atoms with Crippen molar-refractivity contribution in [3.63, 3.8) is 0 Å². The molecule has 1 N–H and O–H groups in total. The molecule has 2 aliphatic rings. The molecule has 2 aromatic carbocycles. The van der Waals surface area contributed by atoms with Crippen molar-refractivity contribution in [2.45, 2.75) is 32.0 Å². The molecule has 0 unspecified atom stereocenters. The maximum absolute atomic E-state index is 12.8. The smallest absolute Gasteiger partial charge is 0.325 e. The predicted molar refractivity (Wildman–Crippen MR) is 113 cm³/mol. The van der Waals surface area contributed by atoms with Crippen LogP contribution in [0.2, 0.25) is 0 Å². The van der Waals surface area contributed by atoms with Gasteiger partial charge in [-0.2, -0.15) is 0 Å². The minimum absolute atomic E-state index is 0.0465. The predicted octanol–water partition coefficient (Wildman–Crippen LogP) is 2.10. The van der Waals surface area contributed by atoms with E-state index < -0.39 is 18.0 Å². The zero-order chi connectivity index (χ0) is 22.0. The van der Waals surface area contributed by atoms with E-state index in [9.17, 15) is 14.4 Å². The zero-order valence-electron chi connectivity index (χ0n) is 17.6. The van der Waals surface area contributed by atoms with Crippen LogP contribution in [0, 0.1) is 0 Å². The highest BCUT2D eigenvalue weighted by Crippen LogP contribution is 2.28. The standard InChI is InChI=1S/C23H25N3O5/c1-30-19-8-7-15(11-20(19)31-2)13-26-22(28)18(24-23(26)29)12-21(27)25-10-9-16-5-3-4-6-17(16)14-25/h3-8,11,18H,9-10,12-14H2,1-2H3,(H,24,29)/t18-/m1/s1. The fraction of sp³-hybridized carbons (Fsp3) is 0.348. The summed E-state index contributed by atoms with van der Waals surface area (Å²) in [7, 11) is 3.06. The van der Waals surface area contributed by atoms with Crippen molar-refractivity contribution in [1.29, 1.82) is 0 Å². The number of imide groups is 1. The Balaban J connectivity index is 1.40. The average Bonchev–Trinajstić information content (AvgIpc) is 3.05. The van der Waals surface area contributed by atoms with Gasteiger partial charge in [0, 0.05) is 13.1 Å². The van der Waals surface area contributed by atoms with E-state index >= 15 is 0 Å². The number of hydrogen-bond acceptors (Lipinski definition) is 5. The van der Waals surface area contributed by atoms with Crippen molar-refractivity contribution < 1.29 is 23.9 Å². The molecule has 8 nitrogen and oxygen atoms in total. The molecular formula is C23H25N3O5. The van der Waals surface area contributed by atoms with Gasteiger partial charge in [0.15, 0.2) is 11.5 Å². The summed E-state index contributed by atoms with van der Waals surface area (Å²) in [6.07, 6.45) is 0.744. The van der Waals surface area contributed by atoms with Gasteiger partial charge in [-0.05, 0) is 35.2 Å². The van der Waals surface area contributed by atoms with Gasteiger partial charge in [0.25, 0.3) is 5.91 Å². The molecule has 1 atom stereocenters. The van der Waals surface area contributed by atoms with Crippen molar-refractivity contribution >= 4 is 17.8 Å². The molecule has 0 spiro atoms. The SMILES string of the molecule is COc1ccc(CN2C(=O)N[C@H](CC(=O)N3CCc4ccccc4C3)C2=O)cc1OC. The van der Waals surface area contributed by atoms with E-state index in [0.29, 0.717) is 24.6 Å². The van der Waals surface area contributed by atoms with Crippen LogP contribution in [0.4, 0.5) is 4.79 Å². The molecule has 2 heterocycles. The van der Waals surface area contributed by atoms with Crippen LogP contribution in [0.5, 0.6) is 11.5 Å². The fourth-order valence-corrected chi connectivity index (χ4v) is 4.04. The molecule has 0 saturated carbocycles. The number of methoxy groups -OCH3 is 2. The molecule has 4 amide bonds. The molecule has 0 radical (unpaired) electrons. The summed E-state index contributed by atoms with van der Waals surface area (Å²) >= 11 is 0. The van der Waals surface area contributed by atoms with Crippen LogP contribution in [-0.2, 0) is 29.1 Å². The third kappa shape index (κ3) is 4.19. The summed E-state index contributed by atoms with van der Waals surface area (Å²) in [5.41, 5.74) is 3.10. The third-order valence-electron chi connectivity index (χ3n) is 5.76. The van der Waals surface area contributed by atoms with Gasteiger partial charge in [0.05, 0.1) is 27.2 Å². The molecule has 162 valence electrons. The first-order chi connectivity index (χ1) is 15.0. The lowest BCUT2D eigenvalue weighted by Gasteiger charge is -2.29. The topological polar surface area (TPSA) is 88.2 Å². The maximum atomic E-state index is 12.8. The van der Waals surface area contributed by atoms with Gasteiger partial charge in [-0.3, -0.25) is 14.5 Å². The van der Waals surface area contributed by atoms with E-state index in [4.69, 9.17) is 9.47 Å². The summed E-state index contributed by atoms with van der Waals surface area (Å²) < 4.78 is 10.5. The Morgan fingerprint density at radius 2 is 1.81 bits per heavy atom. The van der Waals surface area contributed by atoms with Gasteiger partial charge < -0.3 is 19.7 Å². The Hall–Kier alpha value is -3.55. The first-order valence-corrected chi connectivity index (χ1v) is 10.2. The number of carbonyl (C=O) groups is 3. The number of nitrogens with one attached hydrogen (secondary N) is 1. The van der Waals surface area contributed by atoms with Crippen LogP contribution in [0.1, 0.15) is 23.1 Å². The van der Waals surface area contributed by atoms with E-state index in [1.165, 1.54) is 19.8 Å². The van der Waals surface area contributed by atoms with E-state index in [1.54, 1.807) is 23.1 Å². The molecule has 0 aromatic heterocycles. The number of rotatable bonds is 6. The number of amides is 4. The van der Waals surface area contributed by atoms with Gasteiger partial charge in [-0.25, -0.2) is 4.79 Å². The molecule has 0 bridgehead atoms. The number of ether oxygens (including phenoxy) is 2. The highest BCUT2D eigenvalue weighted by atomic mass is 16.5. The minimum atomic E-state index is -0.850. The Labute approximate surface area is 180 Å². The van der Waals surface area contributed by atoms with Crippen molar-refractivity contribution in [2.24, 2.45) is 0 Å². The summed E-state index contributed by atoms with van der Waals surface area (Å²) in [5, 5.41) is 2.65. The van der Waals surface area contributed by atoms with Crippen molar-refractivity contribution in [3.8, 4) is 11.5 Å². The molecule has 0 aliphatic carbocycles. The number of fused-ring (bicyclic) bond motifs is 1. The van der Waals surface area contributed by atoms with Crippen molar-refractivity contribution in [3.05, 3.63) is 59.2 Å². The van der Waals surface area contributed by atoms with Crippen LogP contribution in [-0.4, -0.2) is 54.5 Å². The monoisotopic (exact) mass is 423 g/mol. The molecule has 1 fully saturated rings. The van der Waals surface area contributed by atoms with Crippen LogP contribution in [0.25, 0.3) is 0 Å². The van der Waals surface area contributed by atoms with Crippen LogP contribution >= 0.6 is 0 Å². The van der Waals surface area contributed by atoms with Gasteiger partial charge >= 0.3 is 6.03 Å². The average molecular weight is 423 g/mol. The quantitative estimate of drug-likeness (QED) is 0.719. The summed E-state index contributed by atoms with van der Waals surface area (Å²) in [6.45, 7) is 1.23. The largest absolute Gasteiger partial charge is 0.493 e. The summed E-state index contributed by atoms with van der Waals surface area (Å²) in [4.78, 5) is 40.9. The molecule has 2 aromatic rings. The van der Waals surface area contributed by atoms with Gasteiger partial charge in [0.2, 0.25) is 5.91 Å². The maximum Gasteiger partial charge on any atom is 0.325 e. The fourth-order valence-electron chi connectivity index (χ4n) is 4.04. The van der Waals surface area contributed by atoms with Gasteiger partial charge in [-0.1, -0.05) is 30.3 Å². The molecule has 8 heteroatoms. The lowest BCUT2D eigenvalue weighted by molar-refractivity contribution is -0.136. The second-order valence-electron chi connectivity index (χ2n) is 7.65. The Morgan fingerprint density at radius 1 is 1.06 bits per heavy atom. The zero-order valence-corrected chi connectivity index (χ0v) is 17.6. The lowest BCUT2D eigenvalue weighted by atomic mass is 9.99. The summed E-state index contributed by atoms with van der Waals surface area (Å²) in [6, 6.07) is 11.9. The molecule has 1 saturated heterocycles. The van der Waals surface area contributed by atoms with Crippen LogP contribution < -0.4 is 14.8 Å². The summed E-state index contributed by atoms with van der Waals surface area (Å²) in [5.74, 6) is 0.547. The lowest BCUT2D eigenvalue weighted by Crippen LogP contribution is -2.41. The minimum Gasteiger partial charge on any atom is -0.493 e. The highest BCUT2D eigenvalue weighted by molar-refractivity contribution is 6.05. The first kappa shape index (κ1) is 20.7. The number of hydrogen-bond donors (Lipinski definition) is 1. The molecular weight excluding hydrogens is 398 g/mol. The number of carbonyl (C=O) groups excluding carboxylic acids is 3. The molecule has 2 aliphatic heterocycles.